The Balaban J connectivity index is 2.07. The van der Waals surface area contributed by atoms with Gasteiger partial charge in [0.2, 0.25) is 0 Å². The number of fused-ring (bicyclic) bond motifs is 2. The first-order valence-electron chi connectivity index (χ1n) is 7.15. The molecule has 0 aromatic carbocycles. The van der Waals surface area contributed by atoms with Gasteiger partial charge in [0.25, 0.3) is 0 Å². The normalized spacial score (nSPS) is 50.3. The van der Waals surface area contributed by atoms with E-state index in [0.29, 0.717) is 12.8 Å². The van der Waals surface area contributed by atoms with Crippen LogP contribution in [-0.4, -0.2) is 34.1 Å². The standard InChI is InChI=1S/C15H23NO3/c1-12(2)8-15(17,13(3,4)19-12)14(9-16)7-10-5-6-11(14)18-10/h10-11,17H,5-8H2,1-4H3. The smallest absolute Gasteiger partial charge is 0.117 e. The van der Waals surface area contributed by atoms with Gasteiger partial charge in [0.1, 0.15) is 11.0 Å². The molecule has 3 heterocycles. The predicted octanol–water partition coefficient (Wildman–Crippen LogP) is 2.16. The molecule has 0 aromatic heterocycles. The van der Waals surface area contributed by atoms with E-state index in [1.54, 1.807) is 0 Å². The van der Waals surface area contributed by atoms with Crippen LogP contribution in [0.15, 0.2) is 0 Å². The molecule has 0 aromatic rings. The second kappa shape index (κ2) is 3.52. The molecule has 3 saturated heterocycles. The van der Waals surface area contributed by atoms with E-state index in [-0.39, 0.29) is 12.2 Å². The molecule has 3 aliphatic rings. The monoisotopic (exact) mass is 265 g/mol. The molecule has 3 fully saturated rings. The van der Waals surface area contributed by atoms with Crippen molar-refractivity contribution in [2.24, 2.45) is 5.41 Å². The molecule has 2 bridgehead atoms. The number of nitrogens with zero attached hydrogens (tertiary/aromatic N) is 1. The molecule has 3 aliphatic heterocycles. The molecular weight excluding hydrogens is 242 g/mol. The SMILES string of the molecule is CC1(C)CC(O)(C2(C#N)CC3CCC2O3)C(C)(C)O1. The second-order valence-corrected chi connectivity index (χ2v) is 7.52. The van der Waals surface area contributed by atoms with Crippen LogP contribution in [0.25, 0.3) is 0 Å². The molecular formula is C15H23NO3. The van der Waals surface area contributed by atoms with E-state index in [4.69, 9.17) is 9.47 Å². The van der Waals surface area contributed by atoms with Crippen LogP contribution in [0.5, 0.6) is 0 Å². The van der Waals surface area contributed by atoms with Crippen LogP contribution in [0.4, 0.5) is 0 Å². The van der Waals surface area contributed by atoms with Crippen molar-refractivity contribution in [1.82, 2.24) is 0 Å². The van der Waals surface area contributed by atoms with Gasteiger partial charge < -0.3 is 14.6 Å². The summed E-state index contributed by atoms with van der Waals surface area (Å²) in [5.41, 5.74) is -3.13. The zero-order chi connectivity index (χ0) is 14.1. The van der Waals surface area contributed by atoms with E-state index < -0.39 is 22.2 Å². The molecule has 19 heavy (non-hydrogen) atoms. The molecule has 0 spiro atoms. The highest BCUT2D eigenvalue weighted by Gasteiger charge is 2.72. The van der Waals surface area contributed by atoms with Crippen molar-refractivity contribution in [3.05, 3.63) is 0 Å². The van der Waals surface area contributed by atoms with Gasteiger partial charge in [0.05, 0.1) is 29.5 Å². The molecule has 4 heteroatoms. The van der Waals surface area contributed by atoms with Crippen LogP contribution in [0.2, 0.25) is 0 Å². The van der Waals surface area contributed by atoms with Gasteiger partial charge in [-0.25, -0.2) is 0 Å². The van der Waals surface area contributed by atoms with Crippen molar-refractivity contribution in [1.29, 1.82) is 5.26 Å². The molecule has 4 unspecified atom stereocenters. The highest BCUT2D eigenvalue weighted by molar-refractivity contribution is 5.27. The summed E-state index contributed by atoms with van der Waals surface area (Å²) in [7, 11) is 0. The van der Waals surface area contributed by atoms with E-state index in [2.05, 4.69) is 6.07 Å². The Morgan fingerprint density at radius 3 is 2.26 bits per heavy atom. The Morgan fingerprint density at radius 1 is 1.21 bits per heavy atom. The van der Waals surface area contributed by atoms with Gasteiger partial charge in [-0.05, 0) is 47.0 Å². The van der Waals surface area contributed by atoms with Crippen LogP contribution in [0.1, 0.15) is 53.4 Å². The maximum atomic E-state index is 11.4. The third kappa shape index (κ3) is 1.50. The van der Waals surface area contributed by atoms with Crippen molar-refractivity contribution < 1.29 is 14.6 Å². The van der Waals surface area contributed by atoms with Crippen LogP contribution < -0.4 is 0 Å². The average molecular weight is 265 g/mol. The average Bonchev–Trinajstić information content (AvgIpc) is 2.89. The van der Waals surface area contributed by atoms with Crippen molar-refractivity contribution in [3.8, 4) is 6.07 Å². The Morgan fingerprint density at radius 2 is 1.89 bits per heavy atom. The lowest BCUT2D eigenvalue weighted by Gasteiger charge is -2.47. The Hall–Kier alpha value is -0.630. The molecule has 0 radical (unpaired) electrons. The van der Waals surface area contributed by atoms with Crippen LogP contribution >= 0.6 is 0 Å². The number of ether oxygens (including phenoxy) is 2. The Labute approximate surface area is 114 Å². The number of hydrogen-bond donors (Lipinski definition) is 1. The van der Waals surface area contributed by atoms with Gasteiger partial charge in [-0.15, -0.1) is 0 Å². The van der Waals surface area contributed by atoms with Crippen molar-refractivity contribution in [2.45, 2.75) is 82.4 Å². The lowest BCUT2D eigenvalue weighted by Crippen LogP contribution is -2.61. The first kappa shape index (κ1) is 13.4. The molecule has 0 saturated carbocycles. The highest BCUT2D eigenvalue weighted by atomic mass is 16.6. The summed E-state index contributed by atoms with van der Waals surface area (Å²) in [6.45, 7) is 7.75. The summed E-state index contributed by atoms with van der Waals surface area (Å²) in [4.78, 5) is 0. The van der Waals surface area contributed by atoms with E-state index >= 15 is 0 Å². The number of hydrogen-bond acceptors (Lipinski definition) is 4. The quantitative estimate of drug-likeness (QED) is 0.789. The largest absolute Gasteiger partial charge is 0.385 e. The Bertz CT molecular complexity index is 453. The zero-order valence-corrected chi connectivity index (χ0v) is 12.2. The van der Waals surface area contributed by atoms with Crippen LogP contribution in [-0.2, 0) is 9.47 Å². The first-order valence-corrected chi connectivity index (χ1v) is 7.15. The highest BCUT2D eigenvalue weighted by Crippen LogP contribution is 2.62. The van der Waals surface area contributed by atoms with E-state index in [0.717, 1.165) is 12.8 Å². The molecule has 0 amide bonds. The Kier molecular flexibility index (Phi) is 2.47. The summed E-state index contributed by atoms with van der Waals surface area (Å²) < 4.78 is 11.9. The number of rotatable bonds is 1. The van der Waals surface area contributed by atoms with E-state index in [9.17, 15) is 10.4 Å². The lowest BCUT2D eigenvalue weighted by molar-refractivity contribution is -0.175. The lowest BCUT2D eigenvalue weighted by atomic mass is 9.57. The van der Waals surface area contributed by atoms with Gasteiger partial charge in [0, 0.05) is 6.42 Å². The van der Waals surface area contributed by atoms with E-state index in [1.807, 2.05) is 27.7 Å². The summed E-state index contributed by atoms with van der Waals surface area (Å²) in [5.74, 6) is 0. The fraction of sp³-hybridized carbons (Fsp3) is 0.933. The minimum Gasteiger partial charge on any atom is -0.385 e. The van der Waals surface area contributed by atoms with Crippen molar-refractivity contribution in [2.75, 3.05) is 0 Å². The molecule has 1 N–H and O–H groups in total. The van der Waals surface area contributed by atoms with Crippen LogP contribution in [0, 0.1) is 16.7 Å². The molecule has 0 aliphatic carbocycles. The fourth-order valence-electron chi connectivity index (χ4n) is 4.69. The molecule has 4 atom stereocenters. The van der Waals surface area contributed by atoms with Gasteiger partial charge in [-0.2, -0.15) is 5.26 Å². The predicted molar refractivity (Wildman–Crippen MR) is 69.4 cm³/mol. The maximum Gasteiger partial charge on any atom is 0.117 e. The maximum absolute atomic E-state index is 11.4. The number of aliphatic hydroxyl groups is 1. The fourth-order valence-corrected chi connectivity index (χ4v) is 4.69. The molecule has 3 rings (SSSR count). The third-order valence-electron chi connectivity index (χ3n) is 5.35. The first-order chi connectivity index (χ1) is 8.66. The molecule has 4 nitrogen and oxygen atoms in total. The topological polar surface area (TPSA) is 62.5 Å². The van der Waals surface area contributed by atoms with Crippen molar-refractivity contribution >= 4 is 0 Å². The second-order valence-electron chi connectivity index (χ2n) is 7.52. The van der Waals surface area contributed by atoms with Crippen LogP contribution in [0.3, 0.4) is 0 Å². The summed E-state index contributed by atoms with van der Waals surface area (Å²) in [6.07, 6.45) is 2.98. The minimum atomic E-state index is -1.15. The third-order valence-corrected chi connectivity index (χ3v) is 5.35. The van der Waals surface area contributed by atoms with E-state index in [1.165, 1.54) is 0 Å². The van der Waals surface area contributed by atoms with Crippen molar-refractivity contribution in [3.63, 3.8) is 0 Å². The van der Waals surface area contributed by atoms with Gasteiger partial charge in [-0.1, -0.05) is 0 Å². The zero-order valence-electron chi connectivity index (χ0n) is 12.2. The summed E-state index contributed by atoms with van der Waals surface area (Å²) in [6, 6.07) is 2.43. The summed E-state index contributed by atoms with van der Waals surface area (Å²) in [5, 5.41) is 21.2. The molecule has 106 valence electrons. The van der Waals surface area contributed by atoms with Gasteiger partial charge in [0.15, 0.2) is 0 Å². The number of nitriles is 1. The van der Waals surface area contributed by atoms with Gasteiger partial charge in [-0.3, -0.25) is 0 Å². The van der Waals surface area contributed by atoms with Gasteiger partial charge >= 0.3 is 0 Å². The summed E-state index contributed by atoms with van der Waals surface area (Å²) >= 11 is 0. The minimum absolute atomic E-state index is 0.133.